The molecule has 1 unspecified atom stereocenters. The van der Waals surface area contributed by atoms with Gasteiger partial charge in [0, 0.05) is 4.43 Å². The van der Waals surface area contributed by atoms with E-state index in [4.69, 9.17) is 11.5 Å². The normalized spacial score (nSPS) is 13.4. The van der Waals surface area contributed by atoms with Crippen LogP contribution in [0.25, 0.3) is 0 Å². The van der Waals surface area contributed by atoms with Gasteiger partial charge in [0.2, 0.25) is 5.91 Å². The Labute approximate surface area is 55.6 Å². The first kappa shape index (κ1) is 7.16. The van der Waals surface area contributed by atoms with Crippen LogP contribution >= 0.6 is 22.6 Å². The summed E-state index contributed by atoms with van der Waals surface area (Å²) in [6, 6.07) is -0.472. The maximum absolute atomic E-state index is 10.0. The third-order valence-corrected chi connectivity index (χ3v) is 1.48. The Bertz CT molecular complexity index is 75.3. The average Bonchev–Trinajstić information content (AvgIpc) is 1.65. The van der Waals surface area contributed by atoms with Crippen LogP contribution in [0.5, 0.6) is 0 Å². The van der Waals surface area contributed by atoms with Crippen molar-refractivity contribution >= 4 is 28.5 Å². The minimum Gasteiger partial charge on any atom is -0.368 e. The topological polar surface area (TPSA) is 69.1 Å². The number of carbonyl (C=O) groups excluding carboxylic acids is 1. The molecule has 0 heterocycles. The first-order valence-corrected chi connectivity index (χ1v) is 3.32. The minimum absolute atomic E-state index is 0.436. The van der Waals surface area contributed by atoms with Gasteiger partial charge in [-0.3, -0.25) is 4.79 Å². The summed E-state index contributed by atoms with van der Waals surface area (Å²) in [6.07, 6.45) is 0. The van der Waals surface area contributed by atoms with Crippen LogP contribution in [0.2, 0.25) is 0 Å². The van der Waals surface area contributed by atoms with Gasteiger partial charge in [0.25, 0.3) is 0 Å². The van der Waals surface area contributed by atoms with Gasteiger partial charge < -0.3 is 11.5 Å². The molecule has 0 aromatic heterocycles. The van der Waals surface area contributed by atoms with E-state index in [1.807, 2.05) is 22.6 Å². The van der Waals surface area contributed by atoms with Crippen molar-refractivity contribution in [2.45, 2.75) is 6.04 Å². The maximum atomic E-state index is 10.0. The molecular weight excluding hydrogens is 207 g/mol. The SMILES string of the molecule is NC(=O)C(N)CI. The van der Waals surface area contributed by atoms with Crippen LogP contribution in [0.3, 0.4) is 0 Å². The van der Waals surface area contributed by atoms with Gasteiger partial charge in [0.05, 0.1) is 6.04 Å². The number of nitrogens with two attached hydrogens (primary N) is 2. The molecule has 7 heavy (non-hydrogen) atoms. The predicted octanol–water partition coefficient (Wildman–Crippen LogP) is -0.766. The van der Waals surface area contributed by atoms with Gasteiger partial charge >= 0.3 is 0 Å². The Morgan fingerprint density at radius 1 is 1.86 bits per heavy atom. The van der Waals surface area contributed by atoms with Gasteiger partial charge in [0.15, 0.2) is 0 Å². The Morgan fingerprint density at radius 2 is 2.29 bits per heavy atom. The molecule has 3 nitrogen and oxygen atoms in total. The lowest BCUT2D eigenvalue weighted by molar-refractivity contribution is -0.118. The number of halogens is 1. The van der Waals surface area contributed by atoms with Crippen molar-refractivity contribution in [3.05, 3.63) is 0 Å². The molecule has 0 spiro atoms. The molecular formula is C3H7IN2O. The Hall–Kier alpha value is 0.160. The second-order valence-electron chi connectivity index (χ2n) is 1.16. The highest BCUT2D eigenvalue weighted by Crippen LogP contribution is 1.83. The molecule has 0 aliphatic rings. The number of carbonyl (C=O) groups is 1. The molecule has 0 fully saturated rings. The lowest BCUT2D eigenvalue weighted by atomic mass is 10.4. The lowest BCUT2D eigenvalue weighted by Crippen LogP contribution is -2.37. The zero-order valence-corrected chi connectivity index (χ0v) is 5.88. The van der Waals surface area contributed by atoms with Crippen LogP contribution in [-0.2, 0) is 4.79 Å². The fourth-order valence-electron chi connectivity index (χ4n) is 0.0760. The predicted molar refractivity (Wildman–Crippen MR) is 36.1 cm³/mol. The maximum Gasteiger partial charge on any atom is 0.235 e. The molecule has 0 rings (SSSR count). The largest absolute Gasteiger partial charge is 0.368 e. The van der Waals surface area contributed by atoms with E-state index in [9.17, 15) is 4.79 Å². The number of hydrogen-bond acceptors (Lipinski definition) is 2. The van der Waals surface area contributed by atoms with Gasteiger partial charge in [0.1, 0.15) is 0 Å². The van der Waals surface area contributed by atoms with Gasteiger partial charge in [-0.25, -0.2) is 0 Å². The fourth-order valence-corrected chi connectivity index (χ4v) is 0.510. The van der Waals surface area contributed by atoms with Gasteiger partial charge in [-0.1, -0.05) is 22.6 Å². The van der Waals surface area contributed by atoms with E-state index in [1.165, 1.54) is 0 Å². The summed E-state index contributed by atoms with van der Waals surface area (Å²) in [4.78, 5) is 10.0. The molecule has 0 bridgehead atoms. The summed E-state index contributed by atoms with van der Waals surface area (Å²) in [5.74, 6) is -0.436. The third-order valence-electron chi connectivity index (χ3n) is 0.532. The standard InChI is InChI=1S/C3H7IN2O/c4-1-2(5)3(6)7/h2H,1,5H2,(H2,6,7). The highest BCUT2D eigenvalue weighted by atomic mass is 127. The monoisotopic (exact) mass is 214 g/mol. The molecule has 4 N–H and O–H groups in total. The van der Waals surface area contributed by atoms with Crippen LogP contribution in [-0.4, -0.2) is 16.4 Å². The molecule has 0 saturated carbocycles. The molecule has 0 aliphatic carbocycles. The summed E-state index contributed by atoms with van der Waals surface area (Å²) >= 11 is 2.00. The van der Waals surface area contributed by atoms with Gasteiger partial charge in [-0.2, -0.15) is 0 Å². The second kappa shape index (κ2) is 3.20. The van der Waals surface area contributed by atoms with E-state index >= 15 is 0 Å². The van der Waals surface area contributed by atoms with Crippen LogP contribution in [0, 0.1) is 0 Å². The van der Waals surface area contributed by atoms with E-state index in [0.717, 1.165) is 0 Å². The lowest BCUT2D eigenvalue weighted by Gasteiger charge is -1.97. The van der Waals surface area contributed by atoms with Crippen LogP contribution in [0.1, 0.15) is 0 Å². The second-order valence-corrected chi connectivity index (χ2v) is 2.04. The van der Waals surface area contributed by atoms with E-state index in [-0.39, 0.29) is 0 Å². The van der Waals surface area contributed by atoms with Crippen LogP contribution < -0.4 is 11.5 Å². The summed E-state index contributed by atoms with van der Waals surface area (Å²) in [6.45, 7) is 0. The zero-order valence-electron chi connectivity index (χ0n) is 3.73. The average molecular weight is 214 g/mol. The third kappa shape index (κ3) is 2.81. The van der Waals surface area contributed by atoms with Gasteiger partial charge in [-0.15, -0.1) is 0 Å². The molecule has 0 aromatic rings. The molecule has 0 saturated heterocycles. The Balaban J connectivity index is 3.34. The Morgan fingerprint density at radius 3 is 2.29 bits per heavy atom. The number of hydrogen-bond donors (Lipinski definition) is 2. The van der Waals surface area contributed by atoms with E-state index in [2.05, 4.69) is 0 Å². The summed E-state index contributed by atoms with van der Waals surface area (Å²) < 4.78 is 0.590. The molecule has 4 heteroatoms. The van der Waals surface area contributed by atoms with Crippen molar-refractivity contribution in [2.24, 2.45) is 11.5 Å². The minimum atomic E-state index is -0.472. The van der Waals surface area contributed by atoms with Crippen LogP contribution in [0.4, 0.5) is 0 Å². The Kier molecular flexibility index (Phi) is 3.27. The molecule has 0 aliphatic heterocycles. The number of alkyl halides is 1. The van der Waals surface area contributed by atoms with Crippen molar-refractivity contribution in [1.82, 2.24) is 0 Å². The highest BCUT2D eigenvalue weighted by molar-refractivity contribution is 14.1. The van der Waals surface area contributed by atoms with Crippen molar-refractivity contribution < 1.29 is 4.79 Å². The molecule has 0 radical (unpaired) electrons. The van der Waals surface area contributed by atoms with Crippen molar-refractivity contribution in [1.29, 1.82) is 0 Å². The van der Waals surface area contributed by atoms with E-state index in [0.29, 0.717) is 4.43 Å². The number of primary amides is 1. The summed E-state index contributed by atoms with van der Waals surface area (Å²) in [5, 5.41) is 0. The van der Waals surface area contributed by atoms with E-state index < -0.39 is 11.9 Å². The zero-order chi connectivity index (χ0) is 5.86. The summed E-state index contributed by atoms with van der Waals surface area (Å²) in [7, 11) is 0. The quantitative estimate of drug-likeness (QED) is 0.468. The smallest absolute Gasteiger partial charge is 0.235 e. The molecule has 1 amide bonds. The highest BCUT2D eigenvalue weighted by Gasteiger charge is 2.03. The van der Waals surface area contributed by atoms with Crippen LogP contribution in [0.15, 0.2) is 0 Å². The molecule has 1 atom stereocenters. The number of rotatable bonds is 2. The first-order valence-electron chi connectivity index (χ1n) is 1.79. The molecule has 0 aromatic carbocycles. The van der Waals surface area contributed by atoms with E-state index in [1.54, 1.807) is 0 Å². The fraction of sp³-hybridized carbons (Fsp3) is 0.667. The first-order chi connectivity index (χ1) is 3.18. The van der Waals surface area contributed by atoms with Crippen molar-refractivity contribution in [3.63, 3.8) is 0 Å². The van der Waals surface area contributed by atoms with Gasteiger partial charge in [-0.05, 0) is 0 Å². The number of amides is 1. The van der Waals surface area contributed by atoms with Crippen molar-refractivity contribution in [2.75, 3.05) is 4.43 Å². The molecule has 42 valence electrons. The summed E-state index contributed by atoms with van der Waals surface area (Å²) in [5.41, 5.74) is 9.91. The van der Waals surface area contributed by atoms with Crippen molar-refractivity contribution in [3.8, 4) is 0 Å².